The quantitative estimate of drug-likeness (QED) is 0.782. The van der Waals surface area contributed by atoms with E-state index in [2.05, 4.69) is 17.3 Å². The van der Waals surface area contributed by atoms with Crippen LogP contribution in [0.15, 0.2) is 12.1 Å². The van der Waals surface area contributed by atoms with Gasteiger partial charge < -0.3 is 20.0 Å². The molecule has 0 radical (unpaired) electrons. The Morgan fingerprint density at radius 1 is 1.10 bits per heavy atom. The van der Waals surface area contributed by atoms with Crippen molar-refractivity contribution >= 4 is 17.4 Å². The van der Waals surface area contributed by atoms with Crippen molar-refractivity contribution in [3.8, 4) is 0 Å². The summed E-state index contributed by atoms with van der Waals surface area (Å²) in [5.41, 5.74) is 1.91. The number of carbonyl (C=O) groups excluding carboxylic acids is 1. The molecule has 3 aliphatic rings. The average molecular weight is 440 g/mol. The van der Waals surface area contributed by atoms with Crippen LogP contribution in [0.3, 0.4) is 0 Å². The highest BCUT2D eigenvalue weighted by Gasteiger charge is 2.47. The number of nitrogens with one attached hydrogen (secondary N) is 1. The van der Waals surface area contributed by atoms with E-state index < -0.39 is 24.2 Å². The van der Waals surface area contributed by atoms with E-state index in [1.807, 2.05) is 24.0 Å². The third-order valence-corrected chi connectivity index (χ3v) is 7.25. The van der Waals surface area contributed by atoms with Gasteiger partial charge in [0.05, 0.1) is 11.4 Å². The Bertz CT molecular complexity index is 806. The number of piperidine rings is 1. The lowest BCUT2D eigenvalue weighted by Gasteiger charge is -2.45. The van der Waals surface area contributed by atoms with Crippen LogP contribution < -0.4 is 10.2 Å². The van der Waals surface area contributed by atoms with Gasteiger partial charge in [0.1, 0.15) is 5.82 Å². The van der Waals surface area contributed by atoms with Crippen LogP contribution in [-0.4, -0.2) is 77.2 Å². The molecule has 9 heteroatoms. The molecule has 3 aliphatic heterocycles. The molecule has 1 N–H and O–H groups in total. The number of anilines is 2. The van der Waals surface area contributed by atoms with Crippen molar-refractivity contribution in [2.45, 2.75) is 82.8 Å². The van der Waals surface area contributed by atoms with Crippen molar-refractivity contribution in [3.63, 3.8) is 0 Å². The molecule has 31 heavy (non-hydrogen) atoms. The van der Waals surface area contributed by atoms with E-state index >= 15 is 0 Å². The van der Waals surface area contributed by atoms with Gasteiger partial charge in [-0.25, -0.2) is 4.98 Å². The largest absolute Gasteiger partial charge is 0.471 e. The van der Waals surface area contributed by atoms with E-state index in [0.29, 0.717) is 31.2 Å². The zero-order chi connectivity index (χ0) is 22.5. The highest BCUT2D eigenvalue weighted by Crippen LogP contribution is 2.36. The standard InChI is InChI=1S/C22H32F3N5O/c1-13-11-29(12-14(2)30(13)21(31)22(23,24)25)20-8-7-19(15(3)26-20)27-16-9-17-5-6-18(10-16)28(17)4/h7-8,13-14,16-18,27H,5-6,9-12H2,1-4H3. The summed E-state index contributed by atoms with van der Waals surface area (Å²) >= 11 is 0. The molecule has 0 spiro atoms. The maximum atomic E-state index is 12.9. The number of hydrogen-bond donors (Lipinski definition) is 1. The minimum atomic E-state index is -4.85. The first kappa shape index (κ1) is 22.2. The van der Waals surface area contributed by atoms with E-state index in [4.69, 9.17) is 4.98 Å². The number of hydrogen-bond acceptors (Lipinski definition) is 5. The number of aromatic nitrogens is 1. The highest BCUT2D eigenvalue weighted by atomic mass is 19.4. The fourth-order valence-electron chi connectivity index (χ4n) is 5.68. The number of alkyl halides is 3. The molecule has 1 amide bonds. The molecule has 1 aromatic heterocycles. The summed E-state index contributed by atoms with van der Waals surface area (Å²) in [5, 5.41) is 3.67. The number of piperazine rings is 1. The number of aryl methyl sites for hydroxylation is 1. The van der Waals surface area contributed by atoms with Crippen LogP contribution in [0.25, 0.3) is 0 Å². The van der Waals surface area contributed by atoms with Gasteiger partial charge in [-0.2, -0.15) is 13.2 Å². The van der Waals surface area contributed by atoms with Crippen LogP contribution >= 0.6 is 0 Å². The SMILES string of the molecule is Cc1nc(N2CC(C)N(C(=O)C(F)(F)F)C(C)C2)ccc1NC1CC2CCC(C1)N2C. The smallest absolute Gasteiger partial charge is 0.381 e. The topological polar surface area (TPSA) is 51.7 Å². The van der Waals surface area contributed by atoms with Crippen molar-refractivity contribution in [1.29, 1.82) is 0 Å². The molecule has 0 saturated carbocycles. The predicted octanol–water partition coefficient (Wildman–Crippen LogP) is 3.42. The van der Waals surface area contributed by atoms with Gasteiger partial charge in [-0.15, -0.1) is 0 Å². The Kier molecular flexibility index (Phi) is 5.83. The summed E-state index contributed by atoms with van der Waals surface area (Å²) in [4.78, 5) is 22.0. The zero-order valence-electron chi connectivity index (χ0n) is 18.6. The second-order valence-electron chi connectivity index (χ2n) is 9.48. The van der Waals surface area contributed by atoms with Gasteiger partial charge in [0, 0.05) is 43.3 Å². The number of amides is 1. The van der Waals surface area contributed by atoms with Gasteiger partial charge in [0.2, 0.25) is 0 Å². The Balaban J connectivity index is 1.42. The molecular weight excluding hydrogens is 407 g/mol. The van der Waals surface area contributed by atoms with Crippen LogP contribution in [0.1, 0.15) is 45.2 Å². The van der Waals surface area contributed by atoms with E-state index in [1.54, 1.807) is 13.8 Å². The molecule has 4 atom stereocenters. The van der Waals surface area contributed by atoms with E-state index in [9.17, 15) is 18.0 Å². The minimum Gasteiger partial charge on any atom is -0.381 e. The maximum Gasteiger partial charge on any atom is 0.471 e. The first-order valence-corrected chi connectivity index (χ1v) is 11.1. The van der Waals surface area contributed by atoms with Crippen molar-refractivity contribution in [1.82, 2.24) is 14.8 Å². The summed E-state index contributed by atoms with van der Waals surface area (Å²) in [6.07, 6.45) is -0.0273. The number of rotatable bonds is 3. The molecule has 0 aromatic carbocycles. The molecule has 3 fully saturated rings. The van der Waals surface area contributed by atoms with Gasteiger partial charge in [-0.05, 0) is 65.6 Å². The van der Waals surface area contributed by atoms with Crippen LogP contribution in [0.4, 0.5) is 24.7 Å². The second kappa shape index (κ2) is 8.15. The van der Waals surface area contributed by atoms with Crippen LogP contribution in [0.5, 0.6) is 0 Å². The maximum absolute atomic E-state index is 12.9. The number of carbonyl (C=O) groups is 1. The van der Waals surface area contributed by atoms with Gasteiger partial charge in [-0.1, -0.05) is 0 Å². The van der Waals surface area contributed by atoms with E-state index in [0.717, 1.165) is 34.9 Å². The van der Waals surface area contributed by atoms with Gasteiger partial charge in [0.15, 0.2) is 0 Å². The number of halogens is 3. The summed E-state index contributed by atoms with van der Waals surface area (Å²) in [7, 11) is 2.23. The van der Waals surface area contributed by atoms with Crippen LogP contribution in [0.2, 0.25) is 0 Å². The second-order valence-corrected chi connectivity index (χ2v) is 9.48. The predicted molar refractivity (Wildman–Crippen MR) is 114 cm³/mol. The lowest BCUT2D eigenvalue weighted by atomic mass is 9.97. The molecule has 0 aliphatic carbocycles. The Morgan fingerprint density at radius 2 is 1.68 bits per heavy atom. The third kappa shape index (κ3) is 4.33. The molecule has 4 heterocycles. The van der Waals surface area contributed by atoms with Crippen molar-refractivity contribution in [2.75, 3.05) is 30.4 Å². The van der Waals surface area contributed by atoms with Gasteiger partial charge in [0.25, 0.3) is 0 Å². The molecule has 1 aromatic rings. The van der Waals surface area contributed by atoms with Crippen molar-refractivity contribution in [3.05, 3.63) is 17.8 Å². The fraction of sp³-hybridized carbons (Fsp3) is 0.727. The summed E-state index contributed by atoms with van der Waals surface area (Å²) in [5.74, 6) is -1.02. The Hall–Kier alpha value is -2.03. The van der Waals surface area contributed by atoms with E-state index in [-0.39, 0.29) is 0 Å². The summed E-state index contributed by atoms with van der Waals surface area (Å²) in [6.45, 7) is 5.92. The lowest BCUT2D eigenvalue weighted by Crippen LogP contribution is -2.61. The minimum absolute atomic E-state index is 0.323. The molecule has 6 nitrogen and oxygen atoms in total. The number of pyridine rings is 1. The number of nitrogens with zero attached hydrogens (tertiary/aromatic N) is 4. The molecular formula is C22H32F3N5O. The van der Waals surface area contributed by atoms with Gasteiger partial charge in [-0.3, -0.25) is 4.79 Å². The lowest BCUT2D eigenvalue weighted by molar-refractivity contribution is -0.190. The van der Waals surface area contributed by atoms with Crippen molar-refractivity contribution in [2.24, 2.45) is 0 Å². The monoisotopic (exact) mass is 439 g/mol. The molecule has 2 bridgehead atoms. The van der Waals surface area contributed by atoms with Crippen LogP contribution in [0, 0.1) is 6.92 Å². The normalized spacial score (nSPS) is 31.8. The van der Waals surface area contributed by atoms with Gasteiger partial charge >= 0.3 is 12.1 Å². The molecule has 4 unspecified atom stereocenters. The first-order valence-electron chi connectivity index (χ1n) is 11.1. The van der Waals surface area contributed by atoms with E-state index in [1.165, 1.54) is 12.8 Å². The molecule has 172 valence electrons. The van der Waals surface area contributed by atoms with Crippen LogP contribution in [-0.2, 0) is 4.79 Å². The third-order valence-electron chi connectivity index (χ3n) is 7.25. The van der Waals surface area contributed by atoms with Crippen molar-refractivity contribution < 1.29 is 18.0 Å². The Labute approximate surface area is 181 Å². The highest BCUT2D eigenvalue weighted by molar-refractivity contribution is 5.82. The number of fused-ring (bicyclic) bond motifs is 2. The first-order chi connectivity index (χ1) is 14.5. The fourth-order valence-corrected chi connectivity index (χ4v) is 5.68. The zero-order valence-corrected chi connectivity index (χ0v) is 18.6. The molecule has 4 rings (SSSR count). The summed E-state index contributed by atoms with van der Waals surface area (Å²) < 4.78 is 38.8. The average Bonchev–Trinajstić information content (AvgIpc) is 2.88. The Morgan fingerprint density at radius 3 is 2.19 bits per heavy atom. The molecule has 3 saturated heterocycles. The summed E-state index contributed by atoms with van der Waals surface area (Å²) in [6, 6.07) is 4.61.